The lowest BCUT2D eigenvalue weighted by atomic mass is 10.0. The molecule has 1 aliphatic rings. The molecule has 0 atom stereocenters. The first kappa shape index (κ1) is 10.9. The molecule has 1 aromatic rings. The number of hydrogen-bond acceptors (Lipinski definition) is 5. The maximum absolute atomic E-state index is 6.00. The molecule has 0 aliphatic carbocycles. The minimum atomic E-state index is -0.346. The topological polar surface area (TPSA) is 51.4 Å². The number of ether oxygens (including phenoxy) is 1. The maximum atomic E-state index is 6.00. The summed E-state index contributed by atoms with van der Waals surface area (Å²) in [6.07, 6.45) is 0. The molecular formula is C10H17N3OS. The second-order valence-electron chi connectivity index (χ2n) is 4.34. The van der Waals surface area contributed by atoms with Gasteiger partial charge < -0.3 is 15.4 Å². The van der Waals surface area contributed by atoms with Crippen molar-refractivity contribution in [2.45, 2.75) is 19.4 Å². The smallest absolute Gasteiger partial charge is 0.185 e. The molecule has 1 saturated heterocycles. The summed E-state index contributed by atoms with van der Waals surface area (Å²) in [6, 6.07) is 0. The van der Waals surface area contributed by atoms with Gasteiger partial charge in [-0.1, -0.05) is 0 Å². The summed E-state index contributed by atoms with van der Waals surface area (Å²) in [6.45, 7) is 7.40. The SMILES string of the molecule is CC(C)(N)c1csc(N2CCOCC2)n1. The summed E-state index contributed by atoms with van der Waals surface area (Å²) in [7, 11) is 0. The molecule has 4 nitrogen and oxygen atoms in total. The van der Waals surface area contributed by atoms with Crippen LogP contribution in [0.4, 0.5) is 5.13 Å². The second kappa shape index (κ2) is 4.08. The average Bonchev–Trinajstić information content (AvgIpc) is 2.67. The van der Waals surface area contributed by atoms with Crippen molar-refractivity contribution in [3.63, 3.8) is 0 Å². The Balaban J connectivity index is 2.12. The molecule has 2 rings (SSSR count). The van der Waals surface area contributed by atoms with Crippen LogP contribution < -0.4 is 10.6 Å². The predicted molar refractivity (Wildman–Crippen MR) is 62.4 cm³/mol. The molecule has 0 amide bonds. The Labute approximate surface area is 94.1 Å². The van der Waals surface area contributed by atoms with Crippen LogP contribution in [0.2, 0.25) is 0 Å². The summed E-state index contributed by atoms with van der Waals surface area (Å²) < 4.78 is 5.31. The van der Waals surface area contributed by atoms with Gasteiger partial charge in [0.25, 0.3) is 0 Å². The first-order valence-electron chi connectivity index (χ1n) is 5.15. The van der Waals surface area contributed by atoms with Crippen LogP contribution in [0.1, 0.15) is 19.5 Å². The van der Waals surface area contributed by atoms with Crippen molar-refractivity contribution in [1.82, 2.24) is 4.98 Å². The third kappa shape index (κ3) is 2.48. The van der Waals surface area contributed by atoms with Crippen LogP contribution in [-0.2, 0) is 10.3 Å². The van der Waals surface area contributed by atoms with Gasteiger partial charge in [0.1, 0.15) is 0 Å². The minimum Gasteiger partial charge on any atom is -0.378 e. The normalized spacial score (nSPS) is 18.2. The molecule has 2 N–H and O–H groups in total. The summed E-state index contributed by atoms with van der Waals surface area (Å²) >= 11 is 1.66. The summed E-state index contributed by atoms with van der Waals surface area (Å²) in [4.78, 5) is 6.82. The Bertz CT molecular complexity index is 326. The van der Waals surface area contributed by atoms with E-state index in [1.54, 1.807) is 11.3 Å². The fraction of sp³-hybridized carbons (Fsp3) is 0.700. The van der Waals surface area contributed by atoms with Gasteiger partial charge in [-0.05, 0) is 13.8 Å². The van der Waals surface area contributed by atoms with Crippen LogP contribution in [0.15, 0.2) is 5.38 Å². The fourth-order valence-corrected chi connectivity index (χ4v) is 2.52. The lowest BCUT2D eigenvalue weighted by Crippen LogP contribution is -2.36. The molecule has 1 fully saturated rings. The molecular weight excluding hydrogens is 210 g/mol. The standard InChI is InChI=1S/C10H17N3OS/c1-10(2,11)8-7-15-9(12-8)13-3-5-14-6-4-13/h7H,3-6,11H2,1-2H3. The number of rotatable bonds is 2. The molecule has 2 heterocycles. The third-order valence-corrected chi connectivity index (χ3v) is 3.34. The minimum absolute atomic E-state index is 0.346. The van der Waals surface area contributed by atoms with Crippen molar-refractivity contribution >= 4 is 16.5 Å². The van der Waals surface area contributed by atoms with E-state index in [9.17, 15) is 0 Å². The van der Waals surface area contributed by atoms with Crippen molar-refractivity contribution in [2.24, 2.45) is 5.73 Å². The number of hydrogen-bond donors (Lipinski definition) is 1. The summed E-state index contributed by atoms with van der Waals surface area (Å²) in [5, 5.41) is 3.11. The first-order chi connectivity index (χ1) is 7.07. The van der Waals surface area contributed by atoms with E-state index in [0.29, 0.717) is 0 Å². The largest absolute Gasteiger partial charge is 0.378 e. The van der Waals surface area contributed by atoms with Crippen molar-refractivity contribution in [3.05, 3.63) is 11.1 Å². The second-order valence-corrected chi connectivity index (χ2v) is 5.17. The average molecular weight is 227 g/mol. The quantitative estimate of drug-likeness (QED) is 0.824. The van der Waals surface area contributed by atoms with E-state index in [4.69, 9.17) is 10.5 Å². The zero-order chi connectivity index (χ0) is 10.9. The van der Waals surface area contributed by atoms with Crippen LogP contribution in [0.3, 0.4) is 0 Å². The number of morpholine rings is 1. The molecule has 1 aliphatic heterocycles. The van der Waals surface area contributed by atoms with Gasteiger partial charge in [-0.2, -0.15) is 0 Å². The number of nitrogens with two attached hydrogens (primary N) is 1. The fourth-order valence-electron chi connectivity index (χ4n) is 1.46. The molecule has 15 heavy (non-hydrogen) atoms. The Kier molecular flexibility index (Phi) is 2.95. The van der Waals surface area contributed by atoms with E-state index in [0.717, 1.165) is 37.1 Å². The monoisotopic (exact) mass is 227 g/mol. The zero-order valence-corrected chi connectivity index (χ0v) is 10.0. The highest BCUT2D eigenvalue weighted by atomic mass is 32.1. The number of nitrogens with zero attached hydrogens (tertiary/aromatic N) is 2. The van der Waals surface area contributed by atoms with Gasteiger partial charge in [-0.15, -0.1) is 11.3 Å². The maximum Gasteiger partial charge on any atom is 0.185 e. The van der Waals surface area contributed by atoms with Crippen LogP contribution in [-0.4, -0.2) is 31.3 Å². The third-order valence-electron chi connectivity index (χ3n) is 2.43. The van der Waals surface area contributed by atoms with Crippen LogP contribution >= 0.6 is 11.3 Å². The molecule has 5 heteroatoms. The van der Waals surface area contributed by atoms with Crippen molar-refractivity contribution in [2.75, 3.05) is 31.2 Å². The zero-order valence-electron chi connectivity index (χ0n) is 9.19. The first-order valence-corrected chi connectivity index (χ1v) is 6.03. The van der Waals surface area contributed by atoms with E-state index >= 15 is 0 Å². The Hall–Kier alpha value is -0.650. The molecule has 0 spiro atoms. The summed E-state index contributed by atoms with van der Waals surface area (Å²) in [5.74, 6) is 0. The predicted octanol–water partition coefficient (Wildman–Crippen LogP) is 1.17. The highest BCUT2D eigenvalue weighted by molar-refractivity contribution is 7.13. The molecule has 0 saturated carbocycles. The lowest BCUT2D eigenvalue weighted by molar-refractivity contribution is 0.122. The lowest BCUT2D eigenvalue weighted by Gasteiger charge is -2.26. The van der Waals surface area contributed by atoms with Gasteiger partial charge in [0, 0.05) is 18.5 Å². The molecule has 1 aromatic heterocycles. The molecule has 0 bridgehead atoms. The Morgan fingerprint density at radius 1 is 1.47 bits per heavy atom. The van der Waals surface area contributed by atoms with Gasteiger partial charge in [0.2, 0.25) is 0 Å². The van der Waals surface area contributed by atoms with E-state index in [1.807, 2.05) is 19.2 Å². The van der Waals surface area contributed by atoms with Gasteiger partial charge in [-0.25, -0.2) is 4.98 Å². The highest BCUT2D eigenvalue weighted by Gasteiger charge is 2.20. The molecule has 0 unspecified atom stereocenters. The van der Waals surface area contributed by atoms with Crippen molar-refractivity contribution in [3.8, 4) is 0 Å². The molecule has 84 valence electrons. The Morgan fingerprint density at radius 2 is 2.13 bits per heavy atom. The van der Waals surface area contributed by atoms with Gasteiger partial charge in [0.15, 0.2) is 5.13 Å². The van der Waals surface area contributed by atoms with Gasteiger partial charge >= 0.3 is 0 Å². The van der Waals surface area contributed by atoms with Crippen LogP contribution in [0.25, 0.3) is 0 Å². The van der Waals surface area contributed by atoms with Crippen molar-refractivity contribution < 1.29 is 4.74 Å². The Morgan fingerprint density at radius 3 is 2.67 bits per heavy atom. The van der Waals surface area contributed by atoms with E-state index in [2.05, 4.69) is 9.88 Å². The molecule has 0 radical (unpaired) electrons. The number of anilines is 1. The van der Waals surface area contributed by atoms with E-state index < -0.39 is 0 Å². The van der Waals surface area contributed by atoms with Crippen LogP contribution in [0.5, 0.6) is 0 Å². The van der Waals surface area contributed by atoms with Crippen molar-refractivity contribution in [1.29, 1.82) is 0 Å². The van der Waals surface area contributed by atoms with E-state index in [-0.39, 0.29) is 5.54 Å². The number of thiazole rings is 1. The number of aromatic nitrogens is 1. The van der Waals surface area contributed by atoms with E-state index in [1.165, 1.54) is 0 Å². The molecule has 0 aromatic carbocycles. The summed E-state index contributed by atoms with van der Waals surface area (Å²) in [5.41, 5.74) is 6.62. The van der Waals surface area contributed by atoms with Gasteiger partial charge in [0.05, 0.1) is 24.4 Å². The van der Waals surface area contributed by atoms with Crippen LogP contribution in [0, 0.1) is 0 Å². The highest BCUT2D eigenvalue weighted by Crippen LogP contribution is 2.26. The van der Waals surface area contributed by atoms with Gasteiger partial charge in [-0.3, -0.25) is 0 Å².